The lowest BCUT2D eigenvalue weighted by molar-refractivity contribution is -0.136. The van der Waals surface area contributed by atoms with E-state index in [1.165, 1.54) is 11.3 Å². The van der Waals surface area contributed by atoms with Crippen molar-refractivity contribution < 1.29 is 14.7 Å². The molecule has 4 nitrogen and oxygen atoms in total. The molecular formula is C14H13NO3S. The Bertz CT molecular complexity index is 575. The number of amides is 1. The first-order valence-corrected chi connectivity index (χ1v) is 6.58. The number of carboxylic acids is 1. The van der Waals surface area contributed by atoms with Gasteiger partial charge in [-0.2, -0.15) is 0 Å². The van der Waals surface area contributed by atoms with Crippen LogP contribution in [-0.2, 0) is 11.2 Å². The highest BCUT2D eigenvalue weighted by Gasteiger charge is 2.14. The van der Waals surface area contributed by atoms with Crippen molar-refractivity contribution in [3.05, 3.63) is 52.2 Å². The molecule has 0 aliphatic carbocycles. The van der Waals surface area contributed by atoms with Crippen molar-refractivity contribution >= 4 is 28.9 Å². The summed E-state index contributed by atoms with van der Waals surface area (Å²) in [7, 11) is 1.70. The summed E-state index contributed by atoms with van der Waals surface area (Å²) in [6, 6.07) is 10.6. The van der Waals surface area contributed by atoms with Gasteiger partial charge in [0.25, 0.3) is 5.91 Å². The Morgan fingerprint density at radius 2 is 1.89 bits per heavy atom. The van der Waals surface area contributed by atoms with E-state index in [2.05, 4.69) is 0 Å². The molecule has 0 saturated carbocycles. The highest BCUT2D eigenvalue weighted by atomic mass is 32.1. The van der Waals surface area contributed by atoms with Crippen LogP contribution in [0.25, 0.3) is 0 Å². The first-order chi connectivity index (χ1) is 9.08. The van der Waals surface area contributed by atoms with Crippen molar-refractivity contribution in [1.29, 1.82) is 0 Å². The van der Waals surface area contributed by atoms with Crippen LogP contribution in [0.15, 0.2) is 41.8 Å². The molecule has 5 heteroatoms. The van der Waals surface area contributed by atoms with Gasteiger partial charge in [-0.25, -0.2) is 0 Å². The Hall–Kier alpha value is -2.14. The lowest BCUT2D eigenvalue weighted by atomic mass is 10.1. The van der Waals surface area contributed by atoms with Gasteiger partial charge in [0.2, 0.25) is 0 Å². The van der Waals surface area contributed by atoms with Gasteiger partial charge in [0.05, 0.1) is 11.3 Å². The van der Waals surface area contributed by atoms with Crippen LogP contribution in [0.5, 0.6) is 0 Å². The standard InChI is InChI=1S/C14H13NO3S/c1-15(14(18)12-3-2-8-19-12)11-6-4-10(5-7-11)9-13(16)17/h2-8H,9H2,1H3,(H,16,17). The largest absolute Gasteiger partial charge is 0.481 e. The van der Waals surface area contributed by atoms with Gasteiger partial charge in [-0.3, -0.25) is 9.59 Å². The number of anilines is 1. The summed E-state index contributed by atoms with van der Waals surface area (Å²) in [4.78, 5) is 24.9. The maximum atomic E-state index is 12.1. The number of carboxylic acid groups (broad SMARTS) is 1. The molecule has 1 heterocycles. The first kappa shape index (κ1) is 13.3. The zero-order chi connectivity index (χ0) is 13.8. The highest BCUT2D eigenvalue weighted by molar-refractivity contribution is 7.12. The van der Waals surface area contributed by atoms with Crippen LogP contribution < -0.4 is 4.90 Å². The Morgan fingerprint density at radius 3 is 2.42 bits per heavy atom. The highest BCUT2D eigenvalue weighted by Crippen LogP contribution is 2.19. The third kappa shape index (κ3) is 3.20. The van der Waals surface area contributed by atoms with Crippen LogP contribution in [0, 0.1) is 0 Å². The molecule has 1 N–H and O–H groups in total. The smallest absolute Gasteiger partial charge is 0.307 e. The summed E-state index contributed by atoms with van der Waals surface area (Å²) in [6.07, 6.45) is -0.0110. The number of carbonyl (C=O) groups excluding carboxylic acids is 1. The Morgan fingerprint density at radius 1 is 1.21 bits per heavy atom. The number of hydrogen-bond donors (Lipinski definition) is 1. The van der Waals surface area contributed by atoms with Gasteiger partial charge in [-0.1, -0.05) is 18.2 Å². The van der Waals surface area contributed by atoms with Crippen LogP contribution in [0.3, 0.4) is 0 Å². The van der Waals surface area contributed by atoms with E-state index in [0.29, 0.717) is 10.4 Å². The van der Waals surface area contributed by atoms with Gasteiger partial charge < -0.3 is 10.0 Å². The molecule has 0 unspecified atom stereocenters. The molecular weight excluding hydrogens is 262 g/mol. The third-order valence-electron chi connectivity index (χ3n) is 2.72. The van der Waals surface area contributed by atoms with Crippen molar-refractivity contribution in [2.24, 2.45) is 0 Å². The lowest BCUT2D eigenvalue weighted by Gasteiger charge is -2.16. The minimum atomic E-state index is -0.865. The number of aliphatic carboxylic acids is 1. The van der Waals surface area contributed by atoms with Crippen LogP contribution in [-0.4, -0.2) is 24.0 Å². The van der Waals surface area contributed by atoms with Gasteiger partial charge in [-0.15, -0.1) is 11.3 Å². The lowest BCUT2D eigenvalue weighted by Crippen LogP contribution is -2.25. The number of benzene rings is 1. The molecule has 0 radical (unpaired) electrons. The minimum absolute atomic E-state index is 0.0110. The van der Waals surface area contributed by atoms with E-state index in [-0.39, 0.29) is 12.3 Å². The average Bonchev–Trinajstić information content (AvgIpc) is 2.91. The van der Waals surface area contributed by atoms with Crippen LogP contribution >= 0.6 is 11.3 Å². The fraction of sp³-hybridized carbons (Fsp3) is 0.143. The van der Waals surface area contributed by atoms with E-state index in [1.807, 2.05) is 11.4 Å². The molecule has 0 bridgehead atoms. The van der Waals surface area contributed by atoms with Crippen LogP contribution in [0.1, 0.15) is 15.2 Å². The predicted molar refractivity (Wildman–Crippen MR) is 74.8 cm³/mol. The van der Waals surface area contributed by atoms with Crippen molar-refractivity contribution in [3.8, 4) is 0 Å². The molecule has 0 fully saturated rings. The second-order valence-corrected chi connectivity index (χ2v) is 5.03. The topological polar surface area (TPSA) is 57.6 Å². The maximum absolute atomic E-state index is 12.1. The molecule has 0 spiro atoms. The SMILES string of the molecule is CN(C(=O)c1cccs1)c1ccc(CC(=O)O)cc1. The molecule has 2 aromatic rings. The summed E-state index contributed by atoms with van der Waals surface area (Å²) in [5, 5.41) is 10.6. The molecule has 0 saturated heterocycles. The van der Waals surface area contributed by atoms with E-state index in [1.54, 1.807) is 42.3 Å². The van der Waals surface area contributed by atoms with Gasteiger partial charge in [-0.05, 0) is 29.1 Å². The van der Waals surface area contributed by atoms with E-state index < -0.39 is 5.97 Å². The fourth-order valence-corrected chi connectivity index (χ4v) is 2.39. The first-order valence-electron chi connectivity index (χ1n) is 5.70. The van der Waals surface area contributed by atoms with Crippen molar-refractivity contribution in [2.45, 2.75) is 6.42 Å². The normalized spacial score (nSPS) is 10.2. The average molecular weight is 275 g/mol. The Kier molecular flexibility index (Phi) is 3.97. The van der Waals surface area contributed by atoms with E-state index >= 15 is 0 Å². The van der Waals surface area contributed by atoms with Crippen LogP contribution in [0.4, 0.5) is 5.69 Å². The Balaban J connectivity index is 2.13. The van der Waals surface area contributed by atoms with Gasteiger partial charge in [0.1, 0.15) is 0 Å². The second kappa shape index (κ2) is 5.67. The zero-order valence-electron chi connectivity index (χ0n) is 10.4. The van der Waals surface area contributed by atoms with Crippen LogP contribution in [0.2, 0.25) is 0 Å². The molecule has 1 aromatic heterocycles. The maximum Gasteiger partial charge on any atom is 0.307 e. The number of rotatable bonds is 4. The number of hydrogen-bond acceptors (Lipinski definition) is 3. The molecule has 98 valence electrons. The fourth-order valence-electron chi connectivity index (χ4n) is 1.69. The molecule has 0 atom stereocenters. The Labute approximate surface area is 114 Å². The molecule has 2 rings (SSSR count). The van der Waals surface area contributed by atoms with Crippen molar-refractivity contribution in [3.63, 3.8) is 0 Å². The zero-order valence-corrected chi connectivity index (χ0v) is 11.2. The summed E-state index contributed by atoms with van der Waals surface area (Å²) in [5.41, 5.74) is 1.46. The molecule has 1 aromatic carbocycles. The summed E-state index contributed by atoms with van der Waals surface area (Å²) < 4.78 is 0. The third-order valence-corrected chi connectivity index (χ3v) is 3.57. The summed E-state index contributed by atoms with van der Waals surface area (Å²) >= 11 is 1.40. The van der Waals surface area contributed by atoms with E-state index in [4.69, 9.17) is 5.11 Å². The van der Waals surface area contributed by atoms with Crippen molar-refractivity contribution in [1.82, 2.24) is 0 Å². The summed E-state index contributed by atoms with van der Waals surface area (Å²) in [5.74, 6) is -0.934. The number of carbonyl (C=O) groups is 2. The van der Waals surface area contributed by atoms with E-state index in [0.717, 1.165) is 5.69 Å². The summed E-state index contributed by atoms with van der Waals surface area (Å²) in [6.45, 7) is 0. The van der Waals surface area contributed by atoms with Crippen molar-refractivity contribution in [2.75, 3.05) is 11.9 Å². The van der Waals surface area contributed by atoms with Gasteiger partial charge in [0, 0.05) is 12.7 Å². The second-order valence-electron chi connectivity index (χ2n) is 4.08. The molecule has 19 heavy (non-hydrogen) atoms. The molecule has 0 aliphatic rings. The molecule has 0 aliphatic heterocycles. The molecule has 1 amide bonds. The van der Waals surface area contributed by atoms with E-state index in [9.17, 15) is 9.59 Å². The number of thiophene rings is 1. The monoisotopic (exact) mass is 275 g/mol. The minimum Gasteiger partial charge on any atom is -0.481 e. The van der Waals surface area contributed by atoms with Gasteiger partial charge in [0.15, 0.2) is 0 Å². The van der Waals surface area contributed by atoms with Gasteiger partial charge >= 0.3 is 5.97 Å². The quantitative estimate of drug-likeness (QED) is 0.933. The number of nitrogens with zero attached hydrogens (tertiary/aromatic N) is 1. The predicted octanol–water partition coefficient (Wildman–Crippen LogP) is 2.65.